The summed E-state index contributed by atoms with van der Waals surface area (Å²) in [6, 6.07) is 51.9. The average Bonchev–Trinajstić information content (AvgIpc) is 3.71. The Kier molecular flexibility index (Phi) is 5.44. The van der Waals surface area contributed by atoms with Crippen LogP contribution < -0.4 is 4.90 Å². The van der Waals surface area contributed by atoms with Crippen LogP contribution in [0.25, 0.3) is 62.2 Å². The summed E-state index contributed by atoms with van der Waals surface area (Å²) in [6.07, 6.45) is 0. The number of fused-ring (bicyclic) bond motifs is 11. The number of benzene rings is 7. The second-order valence-electron chi connectivity index (χ2n) is 13.0. The molecule has 3 heteroatoms. The van der Waals surface area contributed by atoms with E-state index in [1.165, 1.54) is 84.7 Å². The minimum absolute atomic E-state index is 0.0544. The second kappa shape index (κ2) is 9.53. The first kappa shape index (κ1) is 26.3. The molecule has 0 saturated heterocycles. The molecule has 46 heavy (non-hydrogen) atoms. The predicted octanol–water partition coefficient (Wildman–Crippen LogP) is 13.4. The molecule has 9 aromatic rings. The van der Waals surface area contributed by atoms with Gasteiger partial charge in [0.05, 0.1) is 0 Å². The van der Waals surface area contributed by atoms with Crippen molar-refractivity contribution in [2.24, 2.45) is 0 Å². The molecule has 1 aliphatic rings. The summed E-state index contributed by atoms with van der Waals surface area (Å²) in [5.74, 6) is 0. The van der Waals surface area contributed by atoms with Gasteiger partial charge < -0.3 is 4.90 Å². The van der Waals surface area contributed by atoms with E-state index >= 15 is 0 Å². The van der Waals surface area contributed by atoms with Crippen LogP contribution in [-0.4, -0.2) is 0 Å². The van der Waals surface area contributed by atoms with Crippen LogP contribution in [0.2, 0.25) is 0 Å². The fraction of sp³-hybridized carbons (Fsp3) is 0.0698. The lowest BCUT2D eigenvalue weighted by molar-refractivity contribution is 0.660. The number of anilines is 3. The number of hydrogen-bond acceptors (Lipinski definition) is 3. The predicted molar refractivity (Wildman–Crippen MR) is 202 cm³/mol. The second-order valence-corrected chi connectivity index (χ2v) is 15.1. The minimum Gasteiger partial charge on any atom is -0.310 e. The Balaban J connectivity index is 1.16. The highest BCUT2D eigenvalue weighted by Gasteiger charge is 2.35. The number of hydrogen-bond donors (Lipinski definition) is 0. The summed E-state index contributed by atoms with van der Waals surface area (Å²) < 4.78 is 5.41. The lowest BCUT2D eigenvalue weighted by atomic mass is 9.82. The van der Waals surface area contributed by atoms with Gasteiger partial charge in [-0.1, -0.05) is 98.8 Å². The number of rotatable bonds is 3. The lowest BCUT2D eigenvalue weighted by Gasteiger charge is -2.28. The number of thiophene rings is 2. The van der Waals surface area contributed by atoms with Crippen molar-refractivity contribution in [2.75, 3.05) is 4.90 Å². The molecule has 0 fully saturated rings. The number of nitrogens with zero attached hydrogens (tertiary/aromatic N) is 1. The van der Waals surface area contributed by atoms with E-state index in [-0.39, 0.29) is 5.41 Å². The van der Waals surface area contributed by atoms with E-state index in [1.807, 2.05) is 22.7 Å². The molecule has 1 aliphatic carbocycles. The fourth-order valence-corrected chi connectivity index (χ4v) is 10.3. The Hall–Kier alpha value is -4.96. The molecule has 218 valence electrons. The summed E-state index contributed by atoms with van der Waals surface area (Å²) in [5, 5.41) is 8.04. The largest absolute Gasteiger partial charge is 0.310 e. The van der Waals surface area contributed by atoms with Crippen LogP contribution in [0.3, 0.4) is 0 Å². The molecule has 7 aromatic carbocycles. The van der Waals surface area contributed by atoms with Gasteiger partial charge in [-0.25, -0.2) is 0 Å². The van der Waals surface area contributed by atoms with Crippen LogP contribution in [0.15, 0.2) is 140 Å². The van der Waals surface area contributed by atoms with Gasteiger partial charge in [0.15, 0.2) is 0 Å². The van der Waals surface area contributed by atoms with Crippen molar-refractivity contribution < 1.29 is 0 Å². The van der Waals surface area contributed by atoms with Crippen molar-refractivity contribution in [3.63, 3.8) is 0 Å². The van der Waals surface area contributed by atoms with Gasteiger partial charge in [0.2, 0.25) is 0 Å². The zero-order valence-electron chi connectivity index (χ0n) is 25.5. The van der Waals surface area contributed by atoms with E-state index in [2.05, 4.69) is 158 Å². The van der Waals surface area contributed by atoms with Gasteiger partial charge in [0.25, 0.3) is 0 Å². The van der Waals surface area contributed by atoms with Crippen LogP contribution in [0.4, 0.5) is 17.1 Å². The van der Waals surface area contributed by atoms with Crippen LogP contribution >= 0.6 is 22.7 Å². The fourth-order valence-electron chi connectivity index (χ4n) is 7.76. The van der Waals surface area contributed by atoms with Crippen LogP contribution in [0, 0.1) is 0 Å². The highest BCUT2D eigenvalue weighted by molar-refractivity contribution is 7.29. The first-order valence-corrected chi connectivity index (χ1v) is 17.5. The third kappa shape index (κ3) is 3.67. The topological polar surface area (TPSA) is 3.24 Å². The molecule has 0 saturated carbocycles. The van der Waals surface area contributed by atoms with Crippen LogP contribution in [0.1, 0.15) is 25.0 Å². The van der Waals surface area contributed by atoms with Gasteiger partial charge in [0.1, 0.15) is 0 Å². The normalized spacial score (nSPS) is 13.6. The van der Waals surface area contributed by atoms with Gasteiger partial charge in [-0.3, -0.25) is 0 Å². The van der Waals surface area contributed by atoms with E-state index in [1.54, 1.807) is 0 Å². The maximum absolute atomic E-state index is 2.42. The van der Waals surface area contributed by atoms with Crippen molar-refractivity contribution in [2.45, 2.75) is 19.3 Å². The van der Waals surface area contributed by atoms with Gasteiger partial charge in [-0.2, -0.15) is 0 Å². The van der Waals surface area contributed by atoms with Crippen molar-refractivity contribution in [1.82, 2.24) is 0 Å². The third-order valence-electron chi connectivity index (χ3n) is 10.0. The molecular formula is C43H29NS2. The molecule has 1 nitrogen and oxygen atoms in total. The first-order valence-electron chi connectivity index (χ1n) is 15.8. The number of para-hydroxylation sites is 1. The maximum atomic E-state index is 2.42. The average molecular weight is 624 g/mol. The summed E-state index contributed by atoms with van der Waals surface area (Å²) in [4.78, 5) is 2.42. The minimum atomic E-state index is -0.0544. The van der Waals surface area contributed by atoms with Crippen molar-refractivity contribution in [3.8, 4) is 11.1 Å². The molecule has 10 rings (SSSR count). The summed E-state index contributed by atoms with van der Waals surface area (Å²) in [5.41, 5.74) is 8.96. The summed E-state index contributed by atoms with van der Waals surface area (Å²) in [7, 11) is 0. The molecular weight excluding hydrogens is 595 g/mol. The van der Waals surface area contributed by atoms with E-state index in [9.17, 15) is 0 Å². The van der Waals surface area contributed by atoms with Crippen LogP contribution in [0.5, 0.6) is 0 Å². The van der Waals surface area contributed by atoms with E-state index in [4.69, 9.17) is 0 Å². The molecule has 2 heterocycles. The van der Waals surface area contributed by atoms with Gasteiger partial charge in [-0.15, -0.1) is 22.7 Å². The highest BCUT2D eigenvalue weighted by atomic mass is 32.1. The van der Waals surface area contributed by atoms with Gasteiger partial charge >= 0.3 is 0 Å². The molecule has 0 bridgehead atoms. The molecule has 0 unspecified atom stereocenters. The van der Waals surface area contributed by atoms with Gasteiger partial charge in [-0.05, 0) is 87.6 Å². The molecule has 0 amide bonds. The Morgan fingerprint density at radius 3 is 2.00 bits per heavy atom. The first-order chi connectivity index (χ1) is 22.5. The van der Waals surface area contributed by atoms with Gasteiger partial charge in [0, 0.05) is 62.8 Å². The lowest BCUT2D eigenvalue weighted by Crippen LogP contribution is -2.16. The molecule has 0 N–H and O–H groups in total. The summed E-state index contributed by atoms with van der Waals surface area (Å²) in [6.45, 7) is 4.71. The quantitative estimate of drug-likeness (QED) is 0.189. The van der Waals surface area contributed by atoms with Crippen LogP contribution in [-0.2, 0) is 5.41 Å². The molecule has 0 aliphatic heterocycles. The SMILES string of the molecule is CC1(C)c2ccccc2-c2ccc(N(c3ccccc3)c3ccc4c(c3)sc3ccc5c6cc7ccccc7cc6sc5c34)cc21. The molecule has 0 radical (unpaired) electrons. The zero-order valence-corrected chi connectivity index (χ0v) is 27.2. The summed E-state index contributed by atoms with van der Waals surface area (Å²) >= 11 is 3.83. The standard InChI is InChI=1S/C43H29NS2/c1-43(2)36-15-9-8-14-31(36)32-18-16-29(24-37(32)43)44(28-12-4-3-5-13-28)30-17-19-34-40(25-30)45-38-21-20-33-35-22-26-10-6-7-11-27(26)23-39(35)46-42(33)41(34)38/h3-25H,1-2H3. The molecule has 2 aromatic heterocycles. The van der Waals surface area contributed by atoms with Crippen molar-refractivity contribution >= 4 is 90.9 Å². The van der Waals surface area contributed by atoms with Crippen molar-refractivity contribution in [1.29, 1.82) is 0 Å². The van der Waals surface area contributed by atoms with E-state index in [0.29, 0.717) is 0 Å². The Bertz CT molecular complexity index is 2670. The molecule has 0 spiro atoms. The Morgan fingerprint density at radius 2 is 1.13 bits per heavy atom. The Labute approximate surface area is 275 Å². The maximum Gasteiger partial charge on any atom is 0.0476 e. The zero-order chi connectivity index (χ0) is 30.6. The smallest absolute Gasteiger partial charge is 0.0476 e. The molecule has 0 atom stereocenters. The highest BCUT2D eigenvalue weighted by Crippen LogP contribution is 2.51. The van der Waals surface area contributed by atoms with E-state index in [0.717, 1.165) is 5.69 Å². The van der Waals surface area contributed by atoms with E-state index < -0.39 is 0 Å². The third-order valence-corrected chi connectivity index (χ3v) is 12.3. The van der Waals surface area contributed by atoms with Crippen molar-refractivity contribution in [3.05, 3.63) is 151 Å². The Morgan fingerprint density at radius 1 is 0.457 bits per heavy atom. The monoisotopic (exact) mass is 623 g/mol.